The van der Waals surface area contributed by atoms with Gasteiger partial charge in [0.15, 0.2) is 0 Å². The van der Waals surface area contributed by atoms with E-state index in [4.69, 9.17) is 0 Å². The van der Waals surface area contributed by atoms with Gasteiger partial charge in [0, 0.05) is 11.8 Å². The predicted molar refractivity (Wildman–Crippen MR) is 132 cm³/mol. The smallest absolute Gasteiger partial charge is 0.329 e. The zero-order chi connectivity index (χ0) is 29.8. The molecule has 0 N–H and O–H groups in total. The number of hydrogen-bond donors (Lipinski definition) is 0. The van der Waals surface area contributed by atoms with Gasteiger partial charge in [-0.25, -0.2) is 9.07 Å². The first kappa shape index (κ1) is 29.9. The maximum absolute atomic E-state index is 13.4. The van der Waals surface area contributed by atoms with Crippen molar-refractivity contribution >= 4 is 0 Å². The van der Waals surface area contributed by atoms with Crippen molar-refractivity contribution in [3.8, 4) is 11.5 Å². The highest BCUT2D eigenvalue weighted by Gasteiger charge is 2.39. The second-order valence-corrected chi connectivity index (χ2v) is 9.50. The van der Waals surface area contributed by atoms with Crippen molar-refractivity contribution in [1.29, 1.82) is 0 Å². The number of rotatable bonds is 4. The molecule has 1 saturated carbocycles. The largest absolute Gasteiger partial charge is 0.471 e. The molecule has 0 saturated heterocycles. The van der Waals surface area contributed by atoms with E-state index in [9.17, 15) is 35.5 Å². The Hall–Kier alpha value is -4.10. The van der Waals surface area contributed by atoms with Crippen molar-refractivity contribution in [3.05, 3.63) is 93.1 Å². The quantitative estimate of drug-likeness (QED) is 0.242. The van der Waals surface area contributed by atoms with Crippen molar-refractivity contribution in [3.63, 3.8) is 0 Å². The minimum atomic E-state index is -4.89. The number of alkyl halides is 6. The minimum Gasteiger partial charge on any atom is -0.329 e. The van der Waals surface area contributed by atoms with Crippen LogP contribution in [0.1, 0.15) is 66.3 Å². The van der Waals surface area contributed by atoms with Crippen LogP contribution in [0.15, 0.2) is 58.0 Å². The van der Waals surface area contributed by atoms with E-state index in [1.165, 1.54) is 18.2 Å². The van der Waals surface area contributed by atoms with Gasteiger partial charge >= 0.3 is 18.2 Å². The first-order valence-electron chi connectivity index (χ1n) is 12.6. The van der Waals surface area contributed by atoms with Crippen LogP contribution in [0.25, 0.3) is 11.5 Å². The molecule has 1 fully saturated rings. The molecule has 1 aliphatic rings. The Morgan fingerprint density at radius 3 is 2.29 bits per heavy atom. The second kappa shape index (κ2) is 12.2. The van der Waals surface area contributed by atoms with Crippen LogP contribution in [0, 0.1) is 12.7 Å². The molecule has 1 aromatic carbocycles. The molecule has 0 spiro atoms. The van der Waals surface area contributed by atoms with Crippen LogP contribution in [-0.4, -0.2) is 24.9 Å². The van der Waals surface area contributed by atoms with E-state index in [-0.39, 0.29) is 23.0 Å². The van der Waals surface area contributed by atoms with Crippen molar-refractivity contribution in [1.82, 2.24) is 24.9 Å². The van der Waals surface area contributed by atoms with Gasteiger partial charge in [0.1, 0.15) is 11.5 Å². The summed E-state index contributed by atoms with van der Waals surface area (Å²) in [5.41, 5.74) is -1.13. The number of aromatic nitrogens is 5. The van der Waals surface area contributed by atoms with Gasteiger partial charge < -0.3 is 4.52 Å². The summed E-state index contributed by atoms with van der Waals surface area (Å²) >= 11 is 0. The highest BCUT2D eigenvalue weighted by molar-refractivity contribution is 5.49. The molecular formula is C27H24F7N5O2. The molecule has 3 aromatic heterocycles. The Bertz CT molecular complexity index is 1520. The molecule has 1 aliphatic carbocycles. The fourth-order valence-corrected chi connectivity index (χ4v) is 4.50. The summed E-state index contributed by atoms with van der Waals surface area (Å²) in [7, 11) is 0. The molecule has 5 rings (SSSR count). The molecule has 3 heterocycles. The molecule has 0 radical (unpaired) electrons. The van der Waals surface area contributed by atoms with Crippen LogP contribution in [0.3, 0.4) is 0 Å². The van der Waals surface area contributed by atoms with Gasteiger partial charge in [0.05, 0.1) is 17.8 Å². The second-order valence-electron chi connectivity index (χ2n) is 9.50. The summed E-state index contributed by atoms with van der Waals surface area (Å²) < 4.78 is 96.0. The Morgan fingerprint density at radius 2 is 1.71 bits per heavy atom. The van der Waals surface area contributed by atoms with E-state index >= 15 is 0 Å². The Labute approximate surface area is 229 Å². The first-order valence-corrected chi connectivity index (χ1v) is 12.6. The topological polar surface area (TPSA) is 86.7 Å². The van der Waals surface area contributed by atoms with Crippen LogP contribution in [0.5, 0.6) is 0 Å². The minimum absolute atomic E-state index is 0.162. The predicted octanol–water partition coefficient (Wildman–Crippen LogP) is 6.96. The summed E-state index contributed by atoms with van der Waals surface area (Å²) in [4.78, 5) is 20.2. The van der Waals surface area contributed by atoms with Gasteiger partial charge in [-0.1, -0.05) is 36.6 Å². The number of pyridine rings is 1. The number of aryl methyl sites for hydroxylation is 1. The normalized spacial score (nSPS) is 14.4. The van der Waals surface area contributed by atoms with Crippen LogP contribution in [0.2, 0.25) is 0 Å². The fraction of sp³-hybridized carbons (Fsp3) is 0.370. The molecule has 7 nitrogen and oxygen atoms in total. The maximum atomic E-state index is 13.4. The highest BCUT2D eigenvalue weighted by atomic mass is 19.4. The standard InChI is InChI=1S/C20H17F6N5O2.C7H7F/c21-19(22,23)13-7-4-8-27-15(13)10-31-17(32)12(11-5-2-1-3-6-11)9-14(29-31)16-28-18(33-30-16)20(24,25)26;1-6-3-2-4-7(8)5-6/h4,7-9,11H,1-3,5-6,10H2;2-5H,1H3. The fourth-order valence-electron chi connectivity index (χ4n) is 4.50. The van der Waals surface area contributed by atoms with Crippen LogP contribution in [0.4, 0.5) is 30.7 Å². The van der Waals surface area contributed by atoms with E-state index in [0.29, 0.717) is 12.8 Å². The third-order valence-corrected chi connectivity index (χ3v) is 6.42. The average molecular weight is 584 g/mol. The molecule has 0 amide bonds. The molecule has 218 valence electrons. The van der Waals surface area contributed by atoms with Crippen LogP contribution in [-0.2, 0) is 18.9 Å². The van der Waals surface area contributed by atoms with Crippen molar-refractivity contribution < 1.29 is 35.3 Å². The van der Waals surface area contributed by atoms with E-state index < -0.39 is 47.4 Å². The van der Waals surface area contributed by atoms with Crippen molar-refractivity contribution in [2.45, 2.75) is 63.8 Å². The van der Waals surface area contributed by atoms with Crippen LogP contribution >= 0.6 is 0 Å². The zero-order valence-electron chi connectivity index (χ0n) is 21.6. The zero-order valence-corrected chi connectivity index (χ0v) is 21.6. The molecule has 0 unspecified atom stereocenters. The molecular weight excluding hydrogens is 559 g/mol. The van der Waals surface area contributed by atoms with Gasteiger partial charge in [-0.05, 0) is 61.6 Å². The average Bonchev–Trinajstić information content (AvgIpc) is 3.42. The summed E-state index contributed by atoms with van der Waals surface area (Å²) in [6.07, 6.45) is -4.46. The lowest BCUT2D eigenvalue weighted by atomic mass is 9.84. The Morgan fingerprint density at radius 1 is 0.976 bits per heavy atom. The summed E-state index contributed by atoms with van der Waals surface area (Å²) in [5, 5.41) is 7.25. The van der Waals surface area contributed by atoms with Gasteiger partial charge in [0.25, 0.3) is 5.56 Å². The molecule has 0 bridgehead atoms. The third-order valence-electron chi connectivity index (χ3n) is 6.42. The molecule has 0 aliphatic heterocycles. The highest BCUT2D eigenvalue weighted by Crippen LogP contribution is 2.34. The number of nitrogens with zero attached hydrogens (tertiary/aromatic N) is 5. The lowest BCUT2D eigenvalue weighted by Gasteiger charge is -2.22. The van der Waals surface area contributed by atoms with E-state index in [0.717, 1.165) is 47.8 Å². The third kappa shape index (κ3) is 7.55. The van der Waals surface area contributed by atoms with Gasteiger partial charge in [-0.15, -0.1) is 0 Å². The molecule has 0 atom stereocenters. The Kier molecular flexibility index (Phi) is 8.88. The molecule has 4 aromatic rings. The monoisotopic (exact) mass is 583 g/mol. The van der Waals surface area contributed by atoms with Gasteiger partial charge in [0.2, 0.25) is 5.82 Å². The maximum Gasteiger partial charge on any atom is 0.471 e. The van der Waals surface area contributed by atoms with Crippen molar-refractivity contribution in [2.75, 3.05) is 0 Å². The number of hydrogen-bond acceptors (Lipinski definition) is 6. The summed E-state index contributed by atoms with van der Waals surface area (Å²) in [6.45, 7) is 1.23. The van der Waals surface area contributed by atoms with Crippen LogP contribution < -0.4 is 5.56 Å². The van der Waals surface area contributed by atoms with Gasteiger partial charge in [-0.3, -0.25) is 9.78 Å². The number of benzene rings is 1. The van der Waals surface area contributed by atoms with E-state index in [1.807, 2.05) is 13.0 Å². The molecule has 41 heavy (non-hydrogen) atoms. The lowest BCUT2D eigenvalue weighted by molar-refractivity contribution is -0.159. The SMILES string of the molecule is Cc1cccc(F)c1.O=c1c(C2CCCCC2)cc(-c2noc(C(F)(F)F)n2)nn1Cc1ncccc1C(F)(F)F. The first-order chi connectivity index (χ1) is 19.3. The summed E-state index contributed by atoms with van der Waals surface area (Å²) in [5.74, 6) is -2.49. The molecule has 14 heteroatoms. The van der Waals surface area contributed by atoms with E-state index in [1.54, 1.807) is 6.07 Å². The lowest BCUT2D eigenvalue weighted by Crippen LogP contribution is -2.30. The van der Waals surface area contributed by atoms with E-state index in [2.05, 4.69) is 24.7 Å². The Balaban J connectivity index is 0.000000417. The summed E-state index contributed by atoms with van der Waals surface area (Å²) in [6, 6.07) is 9.74. The van der Waals surface area contributed by atoms with Crippen molar-refractivity contribution in [2.24, 2.45) is 0 Å². The number of halogens is 7. The van der Waals surface area contributed by atoms with Gasteiger partial charge in [-0.2, -0.15) is 36.4 Å².